The van der Waals surface area contributed by atoms with Crippen molar-refractivity contribution in [3.63, 3.8) is 0 Å². The molecule has 0 amide bonds. The first-order valence-corrected chi connectivity index (χ1v) is 8.93. The Hall–Kier alpha value is -0.830. The van der Waals surface area contributed by atoms with Crippen LogP contribution in [0.2, 0.25) is 0 Å². The Labute approximate surface area is 146 Å². The SMILES string of the molecule is CNCC1CCCN(S(=O)(=O)c2cc(C(F)(F)F)ccc2C)C1.Cl. The maximum Gasteiger partial charge on any atom is 0.416 e. The lowest BCUT2D eigenvalue weighted by Crippen LogP contribution is -2.42. The number of aryl methyl sites for hydroxylation is 1. The van der Waals surface area contributed by atoms with Crippen molar-refractivity contribution in [3.05, 3.63) is 29.3 Å². The van der Waals surface area contributed by atoms with Gasteiger partial charge in [-0.25, -0.2) is 8.42 Å². The normalized spacial score (nSPS) is 19.8. The van der Waals surface area contributed by atoms with E-state index < -0.39 is 21.8 Å². The van der Waals surface area contributed by atoms with Crippen LogP contribution in [0.25, 0.3) is 0 Å². The van der Waals surface area contributed by atoms with Crippen molar-refractivity contribution >= 4 is 22.4 Å². The maximum atomic E-state index is 12.9. The predicted molar refractivity (Wildman–Crippen MR) is 88.8 cm³/mol. The fourth-order valence-corrected chi connectivity index (χ4v) is 4.70. The summed E-state index contributed by atoms with van der Waals surface area (Å²) in [5.74, 6) is 0.176. The molecule has 1 fully saturated rings. The number of sulfonamides is 1. The van der Waals surface area contributed by atoms with Gasteiger partial charge in [0.1, 0.15) is 0 Å². The van der Waals surface area contributed by atoms with Crippen LogP contribution in [-0.4, -0.2) is 39.4 Å². The molecule has 0 aromatic heterocycles. The number of alkyl halides is 3. The van der Waals surface area contributed by atoms with Crippen molar-refractivity contribution in [1.29, 1.82) is 0 Å². The second kappa shape index (κ2) is 8.03. The molecule has 138 valence electrons. The van der Waals surface area contributed by atoms with Crippen molar-refractivity contribution in [3.8, 4) is 0 Å². The minimum absolute atomic E-state index is 0. The van der Waals surface area contributed by atoms with E-state index in [0.717, 1.165) is 18.6 Å². The highest BCUT2D eigenvalue weighted by Crippen LogP contribution is 2.33. The molecule has 9 heteroatoms. The van der Waals surface area contributed by atoms with Crippen LogP contribution in [0.5, 0.6) is 0 Å². The third-order valence-electron chi connectivity index (χ3n) is 4.11. The van der Waals surface area contributed by atoms with Crippen molar-refractivity contribution in [2.45, 2.75) is 30.8 Å². The Morgan fingerprint density at radius 3 is 2.58 bits per heavy atom. The topological polar surface area (TPSA) is 49.4 Å². The smallest absolute Gasteiger partial charge is 0.319 e. The second-order valence-corrected chi connectivity index (χ2v) is 7.81. The predicted octanol–water partition coefficient (Wildman–Crippen LogP) is 3.06. The van der Waals surface area contributed by atoms with Gasteiger partial charge in [-0.2, -0.15) is 17.5 Å². The van der Waals surface area contributed by atoms with Gasteiger partial charge in [-0.15, -0.1) is 12.4 Å². The van der Waals surface area contributed by atoms with Gasteiger partial charge in [-0.05, 0) is 57.0 Å². The lowest BCUT2D eigenvalue weighted by molar-refractivity contribution is -0.137. The van der Waals surface area contributed by atoms with Crippen LogP contribution in [0.3, 0.4) is 0 Å². The number of nitrogens with one attached hydrogen (secondary N) is 1. The molecule has 4 nitrogen and oxygen atoms in total. The van der Waals surface area contributed by atoms with Gasteiger partial charge in [0.2, 0.25) is 10.0 Å². The Balaban J connectivity index is 0.00000288. The minimum Gasteiger partial charge on any atom is -0.319 e. The summed E-state index contributed by atoms with van der Waals surface area (Å²) in [6.07, 6.45) is -2.94. The molecule has 0 saturated carbocycles. The molecule has 1 unspecified atom stereocenters. The number of hydrogen-bond acceptors (Lipinski definition) is 3. The molecule has 0 aliphatic carbocycles. The van der Waals surface area contributed by atoms with Crippen molar-refractivity contribution in [2.24, 2.45) is 5.92 Å². The number of hydrogen-bond donors (Lipinski definition) is 1. The zero-order valence-electron chi connectivity index (χ0n) is 13.6. The van der Waals surface area contributed by atoms with Gasteiger partial charge in [0.15, 0.2) is 0 Å². The van der Waals surface area contributed by atoms with E-state index in [9.17, 15) is 21.6 Å². The molecule has 0 bridgehead atoms. The van der Waals surface area contributed by atoms with Gasteiger partial charge in [0, 0.05) is 13.1 Å². The number of nitrogens with zero attached hydrogens (tertiary/aromatic N) is 1. The summed E-state index contributed by atoms with van der Waals surface area (Å²) in [5, 5.41) is 3.02. The van der Waals surface area contributed by atoms with Crippen molar-refractivity contribution in [1.82, 2.24) is 9.62 Å². The highest BCUT2D eigenvalue weighted by molar-refractivity contribution is 7.89. The Morgan fingerprint density at radius 2 is 2.00 bits per heavy atom. The first-order valence-electron chi connectivity index (χ1n) is 7.49. The summed E-state index contributed by atoms with van der Waals surface area (Å²) < 4.78 is 65.5. The molecular formula is C15H22ClF3N2O2S. The Kier molecular flexibility index (Phi) is 7.10. The molecule has 1 aromatic carbocycles. The fraction of sp³-hybridized carbons (Fsp3) is 0.600. The van der Waals surface area contributed by atoms with Gasteiger partial charge in [0.25, 0.3) is 0 Å². The van der Waals surface area contributed by atoms with Crippen LogP contribution in [0.4, 0.5) is 13.2 Å². The highest BCUT2D eigenvalue weighted by Gasteiger charge is 2.35. The summed E-state index contributed by atoms with van der Waals surface area (Å²) in [4.78, 5) is -0.252. The van der Waals surface area contributed by atoms with Crippen LogP contribution in [0.1, 0.15) is 24.0 Å². The first-order chi connectivity index (χ1) is 10.7. The molecule has 1 heterocycles. The lowest BCUT2D eigenvalue weighted by atomic mass is 10.00. The molecule has 1 N–H and O–H groups in total. The van der Waals surface area contributed by atoms with E-state index in [1.54, 1.807) is 7.05 Å². The third-order valence-corrected chi connectivity index (χ3v) is 6.11. The molecule has 1 aliphatic rings. The van der Waals surface area contributed by atoms with Gasteiger partial charge in [-0.3, -0.25) is 0 Å². The maximum absolute atomic E-state index is 12.9. The molecule has 1 atom stereocenters. The van der Waals surface area contributed by atoms with Gasteiger partial charge in [0.05, 0.1) is 10.5 Å². The number of benzene rings is 1. The van der Waals surface area contributed by atoms with E-state index in [4.69, 9.17) is 0 Å². The largest absolute Gasteiger partial charge is 0.416 e. The summed E-state index contributed by atoms with van der Waals surface area (Å²) in [6, 6.07) is 2.87. The summed E-state index contributed by atoms with van der Waals surface area (Å²) in [5.41, 5.74) is -0.612. The molecular weight excluding hydrogens is 365 g/mol. The van der Waals surface area contributed by atoms with E-state index in [-0.39, 0.29) is 23.2 Å². The van der Waals surface area contributed by atoms with Crippen LogP contribution < -0.4 is 5.32 Å². The summed E-state index contributed by atoms with van der Waals surface area (Å²) >= 11 is 0. The van der Waals surface area contributed by atoms with E-state index in [1.807, 2.05) is 0 Å². The molecule has 0 spiro atoms. The lowest BCUT2D eigenvalue weighted by Gasteiger charge is -2.32. The third kappa shape index (κ3) is 4.62. The molecule has 24 heavy (non-hydrogen) atoms. The molecule has 1 saturated heterocycles. The van der Waals surface area contributed by atoms with E-state index in [1.165, 1.54) is 17.3 Å². The number of halogens is 4. The van der Waals surface area contributed by atoms with Crippen LogP contribution in [0, 0.1) is 12.8 Å². The van der Waals surface area contributed by atoms with E-state index in [2.05, 4.69) is 5.32 Å². The Bertz CT molecular complexity index is 663. The first kappa shape index (κ1) is 21.2. The standard InChI is InChI=1S/C15H21F3N2O2S.ClH/c1-11-5-6-13(15(16,17)18)8-14(11)23(21,22)20-7-3-4-12(10-20)9-19-2;/h5-6,8,12,19H,3-4,7,9-10H2,1-2H3;1H. The van der Waals surface area contributed by atoms with Gasteiger partial charge < -0.3 is 5.32 Å². The van der Waals surface area contributed by atoms with Crippen molar-refractivity contribution < 1.29 is 21.6 Å². The number of piperidine rings is 1. The average molecular weight is 387 g/mol. The monoisotopic (exact) mass is 386 g/mol. The molecule has 1 aromatic rings. The minimum atomic E-state index is -4.56. The molecule has 1 aliphatic heterocycles. The average Bonchev–Trinajstić information content (AvgIpc) is 2.47. The zero-order chi connectivity index (χ0) is 17.3. The fourth-order valence-electron chi connectivity index (χ4n) is 2.89. The van der Waals surface area contributed by atoms with Crippen molar-refractivity contribution in [2.75, 3.05) is 26.7 Å². The van der Waals surface area contributed by atoms with E-state index in [0.29, 0.717) is 31.6 Å². The van der Waals surface area contributed by atoms with Crippen LogP contribution in [-0.2, 0) is 16.2 Å². The van der Waals surface area contributed by atoms with Gasteiger partial charge in [-0.1, -0.05) is 6.07 Å². The van der Waals surface area contributed by atoms with Crippen LogP contribution >= 0.6 is 12.4 Å². The molecule has 2 rings (SSSR count). The van der Waals surface area contributed by atoms with Crippen LogP contribution in [0.15, 0.2) is 23.1 Å². The highest BCUT2D eigenvalue weighted by atomic mass is 35.5. The zero-order valence-corrected chi connectivity index (χ0v) is 15.2. The summed E-state index contributed by atoms with van der Waals surface area (Å²) in [7, 11) is -2.13. The molecule has 0 radical (unpaired) electrons. The Morgan fingerprint density at radius 1 is 1.33 bits per heavy atom. The summed E-state index contributed by atoms with van der Waals surface area (Å²) in [6.45, 7) is 2.88. The van der Waals surface area contributed by atoms with E-state index >= 15 is 0 Å². The quantitative estimate of drug-likeness (QED) is 0.865. The van der Waals surface area contributed by atoms with Gasteiger partial charge >= 0.3 is 6.18 Å². The number of rotatable bonds is 4. The second-order valence-electron chi connectivity index (χ2n) is 5.91.